The minimum absolute atomic E-state index is 0.150. The van der Waals surface area contributed by atoms with Crippen LogP contribution in [0.5, 0.6) is 0 Å². The van der Waals surface area contributed by atoms with Crippen LogP contribution in [0.2, 0.25) is 0 Å². The van der Waals surface area contributed by atoms with Gasteiger partial charge in [-0.1, -0.05) is 198 Å². The molecule has 330 valence electrons. The van der Waals surface area contributed by atoms with Crippen LogP contribution in [-0.2, 0) is 16.2 Å². The molecule has 10 aromatic carbocycles. The minimum atomic E-state index is -0.455. The first kappa shape index (κ1) is 41.0. The molecule has 2 nitrogen and oxygen atoms in total. The highest BCUT2D eigenvalue weighted by Gasteiger charge is 2.53. The fraction of sp³-hybridized carbons (Fsp3) is 0.104. The van der Waals surface area contributed by atoms with Gasteiger partial charge in [-0.15, -0.1) is 0 Å². The molecule has 0 amide bonds. The van der Waals surface area contributed by atoms with Crippen molar-refractivity contribution in [1.82, 2.24) is 0 Å². The minimum Gasteiger partial charge on any atom is -0.311 e. The molecule has 69 heavy (non-hydrogen) atoms. The van der Waals surface area contributed by atoms with Crippen molar-refractivity contribution in [2.45, 2.75) is 43.9 Å². The molecule has 0 bridgehead atoms. The largest absolute Gasteiger partial charge is 0.311 e. The highest BCUT2D eigenvalue weighted by molar-refractivity contribution is 5.93. The number of hydrogen-bond acceptors (Lipinski definition) is 2. The second kappa shape index (κ2) is 15.4. The summed E-state index contributed by atoms with van der Waals surface area (Å²) in [5, 5.41) is 0. The smallest absolute Gasteiger partial charge is 0.0719 e. The van der Waals surface area contributed by atoms with Gasteiger partial charge in [-0.05, 0) is 151 Å². The van der Waals surface area contributed by atoms with Crippen LogP contribution in [0.3, 0.4) is 0 Å². The van der Waals surface area contributed by atoms with Crippen molar-refractivity contribution in [3.63, 3.8) is 0 Å². The maximum Gasteiger partial charge on any atom is 0.0719 e. The first-order valence-electron chi connectivity index (χ1n) is 24.3. The highest BCUT2D eigenvalue weighted by atomic mass is 15.2. The zero-order valence-corrected chi connectivity index (χ0v) is 39.5. The molecule has 3 aliphatic rings. The number of rotatable bonds is 7. The number of nitrogens with zero attached hydrogens (tertiary/aromatic N) is 2. The van der Waals surface area contributed by atoms with Gasteiger partial charge in [-0.2, -0.15) is 0 Å². The summed E-state index contributed by atoms with van der Waals surface area (Å²) in [6, 6.07) is 90.3. The lowest BCUT2D eigenvalue weighted by Gasteiger charge is -2.46. The van der Waals surface area contributed by atoms with Crippen molar-refractivity contribution < 1.29 is 0 Å². The first-order valence-corrected chi connectivity index (χ1v) is 24.3. The second-order valence-corrected chi connectivity index (χ2v) is 20.1. The average molecular weight is 885 g/mol. The Balaban J connectivity index is 0.988. The van der Waals surface area contributed by atoms with Crippen LogP contribution in [0.4, 0.5) is 34.1 Å². The van der Waals surface area contributed by atoms with E-state index in [0.717, 1.165) is 34.1 Å². The van der Waals surface area contributed by atoms with Crippen LogP contribution in [0, 0.1) is 0 Å². The predicted molar refractivity (Wildman–Crippen MR) is 288 cm³/mol. The molecule has 0 heterocycles. The van der Waals surface area contributed by atoms with Gasteiger partial charge >= 0.3 is 0 Å². The molecule has 0 aliphatic heterocycles. The number of para-hydroxylation sites is 1. The molecule has 0 saturated heterocycles. The molecular formula is C67H52N2. The summed E-state index contributed by atoms with van der Waals surface area (Å²) in [5.41, 5.74) is 24.4. The normalized spacial score (nSPS) is 14.7. The van der Waals surface area contributed by atoms with E-state index >= 15 is 0 Å². The van der Waals surface area contributed by atoms with Gasteiger partial charge in [0, 0.05) is 45.0 Å². The maximum atomic E-state index is 2.48. The molecule has 0 atom stereocenters. The SMILES string of the molecule is CC1(C)c2ccccc2-c2ccc(N(c3ccc(N(c4ccccc4)c4ccc(-c5ccccc5)cc4)cc3)c3ccc4c(c3)-c3ccccc3C43c4ccccc4C(C)(C)c4ccccc43)cc21. The van der Waals surface area contributed by atoms with E-state index in [1.54, 1.807) is 0 Å². The van der Waals surface area contributed by atoms with Gasteiger partial charge in [-0.3, -0.25) is 0 Å². The summed E-state index contributed by atoms with van der Waals surface area (Å²) < 4.78 is 0. The molecule has 0 N–H and O–H groups in total. The van der Waals surface area contributed by atoms with Crippen LogP contribution in [0.25, 0.3) is 33.4 Å². The van der Waals surface area contributed by atoms with Crippen molar-refractivity contribution in [1.29, 1.82) is 0 Å². The summed E-state index contributed by atoms with van der Waals surface area (Å²) in [5.74, 6) is 0. The fourth-order valence-electron chi connectivity index (χ4n) is 12.5. The van der Waals surface area contributed by atoms with Crippen molar-refractivity contribution in [2.24, 2.45) is 0 Å². The Hall–Kier alpha value is -8.20. The standard InChI is InChI=1S/C67H52N2/c1-65(2)57-25-13-11-23-53(57)55-41-39-52(44-64(55)65)69(50-37-35-49(36-38-50)68(47-21-9-6-10-22-47)48-33-31-46(32-34-48)45-19-7-5-8-20-45)51-40-42-59-56(43-51)54-24-12-14-26-58(54)67(59)62-29-17-15-27-60(62)66(3,4)61-28-16-18-30-63(61)67/h5-44H,1-4H3. The third kappa shape index (κ3) is 6.04. The van der Waals surface area contributed by atoms with Crippen LogP contribution < -0.4 is 9.80 Å². The van der Waals surface area contributed by atoms with E-state index in [1.165, 1.54) is 77.9 Å². The number of anilines is 6. The summed E-state index contributed by atoms with van der Waals surface area (Å²) in [7, 11) is 0. The molecule has 2 heteroatoms. The third-order valence-electron chi connectivity index (χ3n) is 15.7. The monoisotopic (exact) mass is 884 g/mol. The lowest BCUT2D eigenvalue weighted by Crippen LogP contribution is -2.40. The zero-order chi connectivity index (χ0) is 46.5. The molecule has 0 unspecified atom stereocenters. The van der Waals surface area contributed by atoms with E-state index in [1.807, 2.05) is 0 Å². The highest BCUT2D eigenvalue weighted by Crippen LogP contribution is 2.63. The molecule has 0 saturated carbocycles. The van der Waals surface area contributed by atoms with Gasteiger partial charge < -0.3 is 9.80 Å². The Labute approximate surface area is 406 Å². The van der Waals surface area contributed by atoms with E-state index in [-0.39, 0.29) is 10.8 Å². The van der Waals surface area contributed by atoms with Crippen LogP contribution >= 0.6 is 0 Å². The van der Waals surface area contributed by atoms with E-state index in [0.29, 0.717) is 0 Å². The van der Waals surface area contributed by atoms with Gasteiger partial charge in [0.15, 0.2) is 0 Å². The number of hydrogen-bond donors (Lipinski definition) is 0. The number of fused-ring (bicyclic) bond motifs is 12. The van der Waals surface area contributed by atoms with Crippen molar-refractivity contribution in [2.75, 3.05) is 9.80 Å². The van der Waals surface area contributed by atoms with Crippen LogP contribution in [0.1, 0.15) is 72.2 Å². The molecular weight excluding hydrogens is 833 g/mol. The van der Waals surface area contributed by atoms with Gasteiger partial charge in [0.25, 0.3) is 0 Å². The molecule has 10 aromatic rings. The first-order chi connectivity index (χ1) is 33.7. The van der Waals surface area contributed by atoms with Crippen molar-refractivity contribution >= 4 is 34.1 Å². The van der Waals surface area contributed by atoms with E-state index in [9.17, 15) is 0 Å². The zero-order valence-electron chi connectivity index (χ0n) is 39.5. The van der Waals surface area contributed by atoms with Crippen molar-refractivity contribution in [3.8, 4) is 33.4 Å². The molecule has 0 aromatic heterocycles. The Morgan fingerprint density at radius 3 is 1.20 bits per heavy atom. The van der Waals surface area contributed by atoms with Gasteiger partial charge in [0.2, 0.25) is 0 Å². The Kier molecular flexibility index (Phi) is 9.17. The summed E-state index contributed by atoms with van der Waals surface area (Å²) in [6.45, 7) is 9.53. The Morgan fingerprint density at radius 2 is 0.594 bits per heavy atom. The summed E-state index contributed by atoms with van der Waals surface area (Å²) in [6.07, 6.45) is 0. The summed E-state index contributed by atoms with van der Waals surface area (Å²) >= 11 is 0. The van der Waals surface area contributed by atoms with E-state index in [4.69, 9.17) is 0 Å². The topological polar surface area (TPSA) is 6.48 Å². The molecule has 1 spiro atoms. The fourth-order valence-corrected chi connectivity index (χ4v) is 12.5. The molecule has 0 fully saturated rings. The summed E-state index contributed by atoms with van der Waals surface area (Å²) in [4.78, 5) is 4.83. The van der Waals surface area contributed by atoms with Crippen LogP contribution in [0.15, 0.2) is 243 Å². The van der Waals surface area contributed by atoms with Gasteiger partial charge in [0.1, 0.15) is 0 Å². The van der Waals surface area contributed by atoms with E-state index in [2.05, 4.69) is 280 Å². The Morgan fingerprint density at radius 1 is 0.232 bits per heavy atom. The third-order valence-corrected chi connectivity index (χ3v) is 15.7. The maximum absolute atomic E-state index is 2.48. The van der Waals surface area contributed by atoms with Gasteiger partial charge in [0.05, 0.1) is 5.41 Å². The quantitative estimate of drug-likeness (QED) is 0.157. The number of benzene rings is 10. The molecule has 0 radical (unpaired) electrons. The molecule has 3 aliphatic carbocycles. The predicted octanol–water partition coefficient (Wildman–Crippen LogP) is 17.6. The lowest BCUT2D eigenvalue weighted by atomic mass is 9.55. The van der Waals surface area contributed by atoms with Crippen molar-refractivity contribution in [3.05, 3.63) is 287 Å². The second-order valence-electron chi connectivity index (χ2n) is 20.1. The van der Waals surface area contributed by atoms with Gasteiger partial charge in [-0.25, -0.2) is 0 Å². The van der Waals surface area contributed by atoms with E-state index < -0.39 is 5.41 Å². The Bertz CT molecular complexity index is 3550. The van der Waals surface area contributed by atoms with Crippen LogP contribution in [-0.4, -0.2) is 0 Å². The average Bonchev–Trinajstić information content (AvgIpc) is 3.82. The lowest BCUT2D eigenvalue weighted by molar-refractivity contribution is 0.563. The molecule has 13 rings (SSSR count).